The maximum absolute atomic E-state index is 12.6. The fraction of sp³-hybridized carbons (Fsp3) is 0.389. The number of hydrogen-bond donors (Lipinski definition) is 2. The third kappa shape index (κ3) is 4.42. The van der Waals surface area contributed by atoms with Crippen molar-refractivity contribution in [3.05, 3.63) is 55.7 Å². The normalized spacial score (nSPS) is 11.1. The summed E-state index contributed by atoms with van der Waals surface area (Å²) in [7, 11) is 0. The number of nitrogens with one attached hydrogen (secondary N) is 1. The van der Waals surface area contributed by atoms with Crippen LogP contribution in [0.5, 0.6) is 0 Å². The summed E-state index contributed by atoms with van der Waals surface area (Å²) in [5.74, 6) is -0.216. The van der Waals surface area contributed by atoms with E-state index in [-0.39, 0.29) is 28.8 Å². The molecule has 3 N–H and O–H groups in total. The van der Waals surface area contributed by atoms with Gasteiger partial charge >= 0.3 is 5.69 Å². The number of carbonyl (C=O) groups is 1. The third-order valence-corrected chi connectivity index (χ3v) is 4.93. The number of aromatic amines is 1. The minimum absolute atomic E-state index is 0.0611. The van der Waals surface area contributed by atoms with E-state index >= 15 is 0 Å². The number of aromatic nitrogens is 2. The lowest BCUT2D eigenvalue weighted by molar-refractivity contribution is 0.102. The van der Waals surface area contributed by atoms with Gasteiger partial charge in [0.2, 0.25) is 0 Å². The number of carbonyl (C=O) groups excluding carboxylic acids is 1. The molecule has 0 aliphatic heterocycles. The average Bonchev–Trinajstić information content (AvgIpc) is 2.52. The molecule has 2 rings (SSSR count). The Morgan fingerprint density at radius 2 is 1.96 bits per heavy atom. The molecule has 7 heteroatoms. The fourth-order valence-electron chi connectivity index (χ4n) is 2.48. The van der Waals surface area contributed by atoms with Crippen LogP contribution in [0.25, 0.3) is 0 Å². The molecular weight excluding hydrogens is 338 g/mol. The van der Waals surface area contributed by atoms with Crippen molar-refractivity contribution in [3.8, 4) is 0 Å². The molecule has 0 atom stereocenters. The Bertz CT molecular complexity index is 913. The van der Waals surface area contributed by atoms with Crippen molar-refractivity contribution in [2.24, 2.45) is 5.92 Å². The van der Waals surface area contributed by atoms with Crippen LogP contribution in [0, 0.1) is 19.8 Å². The molecule has 0 bridgehead atoms. The zero-order chi connectivity index (χ0) is 18.7. The van der Waals surface area contributed by atoms with Gasteiger partial charge in [-0.1, -0.05) is 31.5 Å². The van der Waals surface area contributed by atoms with Crippen molar-refractivity contribution in [2.45, 2.75) is 39.1 Å². The number of nitrogen functional groups attached to an aromatic ring is 1. The van der Waals surface area contributed by atoms with Crippen LogP contribution in [-0.2, 0) is 6.54 Å². The Morgan fingerprint density at radius 1 is 1.28 bits per heavy atom. The van der Waals surface area contributed by atoms with Crippen LogP contribution in [0.4, 0.5) is 5.82 Å². The van der Waals surface area contributed by atoms with Crippen molar-refractivity contribution >= 4 is 23.4 Å². The summed E-state index contributed by atoms with van der Waals surface area (Å²) in [4.78, 5) is 39.8. The summed E-state index contributed by atoms with van der Waals surface area (Å²) in [6.07, 6.45) is 0. The van der Waals surface area contributed by atoms with E-state index in [2.05, 4.69) is 4.98 Å². The maximum atomic E-state index is 12.6. The van der Waals surface area contributed by atoms with E-state index < -0.39 is 11.2 Å². The largest absolute Gasteiger partial charge is 0.384 e. The maximum Gasteiger partial charge on any atom is 0.329 e. The third-order valence-electron chi connectivity index (χ3n) is 3.77. The highest BCUT2D eigenvalue weighted by Gasteiger charge is 2.20. The van der Waals surface area contributed by atoms with E-state index in [0.29, 0.717) is 6.54 Å². The SMILES string of the molecule is Cc1ccc(C)c(SCC(=O)c2c(N)n(CC(C)C)c(=O)[nH]c2=O)c1. The second-order valence-corrected chi connectivity index (χ2v) is 7.52. The lowest BCUT2D eigenvalue weighted by Crippen LogP contribution is -2.37. The molecular formula is C18H23N3O3S. The van der Waals surface area contributed by atoms with Crippen molar-refractivity contribution in [3.63, 3.8) is 0 Å². The van der Waals surface area contributed by atoms with Crippen LogP contribution in [-0.4, -0.2) is 21.1 Å². The summed E-state index contributed by atoms with van der Waals surface area (Å²) in [5.41, 5.74) is 6.68. The number of thioether (sulfide) groups is 1. The number of benzene rings is 1. The molecule has 0 unspecified atom stereocenters. The predicted molar refractivity (Wildman–Crippen MR) is 102 cm³/mol. The average molecular weight is 361 g/mol. The highest BCUT2D eigenvalue weighted by Crippen LogP contribution is 2.24. The van der Waals surface area contributed by atoms with E-state index in [1.54, 1.807) is 0 Å². The molecule has 1 heterocycles. The van der Waals surface area contributed by atoms with Gasteiger partial charge in [0.1, 0.15) is 11.4 Å². The molecule has 0 aliphatic rings. The lowest BCUT2D eigenvalue weighted by Gasteiger charge is -2.14. The van der Waals surface area contributed by atoms with Crippen molar-refractivity contribution < 1.29 is 4.79 Å². The molecule has 1 aromatic heterocycles. The molecule has 6 nitrogen and oxygen atoms in total. The molecule has 0 spiro atoms. The van der Waals surface area contributed by atoms with E-state index in [1.165, 1.54) is 16.3 Å². The smallest absolute Gasteiger partial charge is 0.329 e. The highest BCUT2D eigenvalue weighted by molar-refractivity contribution is 8.00. The minimum Gasteiger partial charge on any atom is -0.384 e. The molecule has 0 amide bonds. The van der Waals surface area contributed by atoms with Gasteiger partial charge in [0.15, 0.2) is 5.78 Å². The Kier molecular flexibility index (Phi) is 5.89. The van der Waals surface area contributed by atoms with Crippen LogP contribution in [0.15, 0.2) is 32.7 Å². The van der Waals surface area contributed by atoms with Gasteiger partial charge in [0.05, 0.1) is 5.75 Å². The van der Waals surface area contributed by atoms with E-state index in [1.807, 2.05) is 45.9 Å². The fourth-order valence-corrected chi connectivity index (χ4v) is 3.48. The van der Waals surface area contributed by atoms with Gasteiger partial charge in [-0.2, -0.15) is 0 Å². The molecule has 2 aromatic rings. The van der Waals surface area contributed by atoms with E-state index in [0.717, 1.165) is 16.0 Å². The zero-order valence-corrected chi connectivity index (χ0v) is 15.7. The molecule has 134 valence electrons. The van der Waals surface area contributed by atoms with E-state index in [4.69, 9.17) is 5.73 Å². The summed E-state index contributed by atoms with van der Waals surface area (Å²) in [5, 5.41) is 0. The number of ketones is 1. The number of nitrogens with two attached hydrogens (primary N) is 1. The van der Waals surface area contributed by atoms with Crippen LogP contribution >= 0.6 is 11.8 Å². The van der Waals surface area contributed by atoms with Crippen LogP contribution in [0.2, 0.25) is 0 Å². The zero-order valence-electron chi connectivity index (χ0n) is 14.9. The number of anilines is 1. The van der Waals surface area contributed by atoms with Gasteiger partial charge in [-0.25, -0.2) is 4.79 Å². The number of Topliss-reactive ketones (excluding diaryl/α,β-unsaturated/α-hetero) is 1. The second-order valence-electron chi connectivity index (χ2n) is 6.50. The van der Waals surface area contributed by atoms with Crippen LogP contribution < -0.4 is 17.0 Å². The van der Waals surface area contributed by atoms with Gasteiger partial charge in [-0.05, 0) is 31.4 Å². The van der Waals surface area contributed by atoms with Crippen molar-refractivity contribution in [2.75, 3.05) is 11.5 Å². The van der Waals surface area contributed by atoms with Crippen molar-refractivity contribution in [1.29, 1.82) is 0 Å². The van der Waals surface area contributed by atoms with Crippen LogP contribution in [0.1, 0.15) is 35.3 Å². The van der Waals surface area contributed by atoms with Gasteiger partial charge in [0.25, 0.3) is 5.56 Å². The molecule has 25 heavy (non-hydrogen) atoms. The predicted octanol–water partition coefficient (Wildman–Crippen LogP) is 2.37. The number of hydrogen-bond acceptors (Lipinski definition) is 5. The summed E-state index contributed by atoms with van der Waals surface area (Å²) in [6, 6.07) is 6.00. The Labute approximate surface area is 150 Å². The van der Waals surface area contributed by atoms with Gasteiger partial charge in [-0.3, -0.25) is 19.1 Å². The standard InChI is InChI=1S/C18H23N3O3S/c1-10(2)8-21-16(19)15(17(23)20-18(21)24)13(22)9-25-14-7-11(3)5-6-12(14)4/h5-7,10H,8-9,19H2,1-4H3,(H,20,23,24). The molecule has 0 saturated heterocycles. The number of aryl methyl sites for hydroxylation is 2. The highest BCUT2D eigenvalue weighted by atomic mass is 32.2. The monoisotopic (exact) mass is 361 g/mol. The Morgan fingerprint density at radius 3 is 2.60 bits per heavy atom. The Balaban J connectivity index is 2.31. The summed E-state index contributed by atoms with van der Waals surface area (Å²) in [6.45, 7) is 8.14. The topological polar surface area (TPSA) is 97.9 Å². The quantitative estimate of drug-likeness (QED) is 0.608. The molecule has 0 saturated carbocycles. The summed E-state index contributed by atoms with van der Waals surface area (Å²) < 4.78 is 1.25. The first-order valence-corrected chi connectivity index (χ1v) is 9.05. The molecule has 1 aromatic carbocycles. The van der Waals surface area contributed by atoms with Gasteiger partial charge < -0.3 is 5.73 Å². The first-order valence-electron chi connectivity index (χ1n) is 8.06. The first kappa shape index (κ1) is 19.1. The van der Waals surface area contributed by atoms with Gasteiger partial charge in [-0.15, -0.1) is 11.8 Å². The van der Waals surface area contributed by atoms with Crippen LogP contribution in [0.3, 0.4) is 0 Å². The number of H-pyrrole nitrogens is 1. The summed E-state index contributed by atoms with van der Waals surface area (Å²) >= 11 is 1.36. The van der Waals surface area contributed by atoms with Crippen molar-refractivity contribution in [1.82, 2.24) is 9.55 Å². The minimum atomic E-state index is -0.728. The van der Waals surface area contributed by atoms with Gasteiger partial charge in [0, 0.05) is 11.4 Å². The molecule has 0 fully saturated rings. The lowest BCUT2D eigenvalue weighted by atomic mass is 10.2. The molecule has 0 aliphatic carbocycles. The number of nitrogens with zero attached hydrogens (tertiary/aromatic N) is 1. The molecule has 0 radical (unpaired) electrons. The number of rotatable bonds is 6. The Hall–Kier alpha value is -2.28. The van der Waals surface area contributed by atoms with E-state index in [9.17, 15) is 14.4 Å². The first-order chi connectivity index (χ1) is 11.7. The second kappa shape index (κ2) is 7.74.